The van der Waals surface area contributed by atoms with Gasteiger partial charge in [0.25, 0.3) is 0 Å². The lowest BCUT2D eigenvalue weighted by molar-refractivity contribution is 0.0347. The molecule has 1 unspecified atom stereocenters. The second-order valence-electron chi connectivity index (χ2n) is 4.95. The van der Waals surface area contributed by atoms with Gasteiger partial charge in [0.1, 0.15) is 11.4 Å². The third kappa shape index (κ3) is 4.29. The van der Waals surface area contributed by atoms with E-state index in [2.05, 4.69) is 15.9 Å². The van der Waals surface area contributed by atoms with Crippen molar-refractivity contribution in [3.05, 3.63) is 34.1 Å². The molecule has 0 spiro atoms. The molecule has 1 amide bonds. The fourth-order valence-corrected chi connectivity index (χ4v) is 2.40. The number of carbonyl (C=O) groups is 1. The Morgan fingerprint density at radius 3 is 2.67 bits per heavy atom. The van der Waals surface area contributed by atoms with Crippen molar-refractivity contribution in [2.45, 2.75) is 38.7 Å². The molecule has 0 radical (unpaired) electrons. The SMILES string of the molecule is CC(CC(C)(C)OC(N)=O)c1ccc(Br)cc1F. The van der Waals surface area contributed by atoms with Crippen molar-refractivity contribution in [1.82, 2.24) is 0 Å². The van der Waals surface area contributed by atoms with E-state index in [-0.39, 0.29) is 11.7 Å². The lowest BCUT2D eigenvalue weighted by atomic mass is 9.89. The zero-order valence-corrected chi connectivity index (χ0v) is 12.3. The number of amides is 1. The molecular formula is C13H17BrFNO2. The van der Waals surface area contributed by atoms with E-state index >= 15 is 0 Å². The third-order valence-electron chi connectivity index (χ3n) is 2.67. The highest BCUT2D eigenvalue weighted by molar-refractivity contribution is 9.10. The lowest BCUT2D eigenvalue weighted by Gasteiger charge is -2.27. The fraction of sp³-hybridized carbons (Fsp3) is 0.462. The van der Waals surface area contributed by atoms with Crippen molar-refractivity contribution in [3.63, 3.8) is 0 Å². The molecule has 0 saturated heterocycles. The Morgan fingerprint density at radius 2 is 2.17 bits per heavy atom. The first-order valence-corrected chi connectivity index (χ1v) is 6.44. The molecule has 0 bridgehead atoms. The smallest absolute Gasteiger partial charge is 0.405 e. The molecule has 0 fully saturated rings. The van der Waals surface area contributed by atoms with Crippen LogP contribution in [0, 0.1) is 5.82 Å². The highest BCUT2D eigenvalue weighted by Crippen LogP contribution is 2.30. The predicted octanol–water partition coefficient (Wildman–Crippen LogP) is 3.96. The summed E-state index contributed by atoms with van der Waals surface area (Å²) in [5, 5.41) is 0. The maximum Gasteiger partial charge on any atom is 0.405 e. The van der Waals surface area contributed by atoms with E-state index in [1.165, 1.54) is 6.07 Å². The van der Waals surface area contributed by atoms with Gasteiger partial charge in [-0.05, 0) is 43.9 Å². The number of hydrogen-bond donors (Lipinski definition) is 1. The van der Waals surface area contributed by atoms with Crippen LogP contribution in [0.15, 0.2) is 22.7 Å². The first-order valence-electron chi connectivity index (χ1n) is 5.64. The minimum Gasteiger partial charge on any atom is -0.444 e. The lowest BCUT2D eigenvalue weighted by Crippen LogP contribution is -2.32. The Balaban J connectivity index is 2.81. The van der Waals surface area contributed by atoms with Gasteiger partial charge < -0.3 is 10.5 Å². The van der Waals surface area contributed by atoms with Gasteiger partial charge >= 0.3 is 6.09 Å². The normalized spacial score (nSPS) is 13.2. The van der Waals surface area contributed by atoms with E-state index < -0.39 is 11.7 Å². The van der Waals surface area contributed by atoms with Crippen LogP contribution in [0.2, 0.25) is 0 Å². The molecule has 1 rings (SSSR count). The fourth-order valence-electron chi connectivity index (χ4n) is 2.06. The Labute approximate surface area is 115 Å². The van der Waals surface area contributed by atoms with Crippen LogP contribution >= 0.6 is 15.9 Å². The Hall–Kier alpha value is -1.10. The second kappa shape index (κ2) is 5.69. The monoisotopic (exact) mass is 317 g/mol. The first-order chi connectivity index (χ1) is 8.21. The minimum atomic E-state index is -0.816. The zero-order valence-electron chi connectivity index (χ0n) is 10.7. The predicted molar refractivity (Wildman–Crippen MR) is 71.9 cm³/mol. The summed E-state index contributed by atoms with van der Waals surface area (Å²) in [4.78, 5) is 10.8. The Morgan fingerprint density at radius 1 is 1.56 bits per heavy atom. The molecule has 1 aromatic carbocycles. The van der Waals surface area contributed by atoms with Crippen LogP contribution in [0.5, 0.6) is 0 Å². The average molecular weight is 318 g/mol. The molecule has 2 N–H and O–H groups in total. The van der Waals surface area contributed by atoms with E-state index in [0.717, 1.165) is 0 Å². The molecule has 0 aliphatic rings. The van der Waals surface area contributed by atoms with Crippen LogP contribution < -0.4 is 5.73 Å². The number of rotatable bonds is 4. The molecular weight excluding hydrogens is 301 g/mol. The number of ether oxygens (including phenoxy) is 1. The molecule has 1 aromatic rings. The molecule has 0 aliphatic carbocycles. The Kier molecular flexibility index (Phi) is 4.73. The van der Waals surface area contributed by atoms with Gasteiger partial charge in [-0.3, -0.25) is 0 Å². The number of primary amides is 1. The highest BCUT2D eigenvalue weighted by atomic mass is 79.9. The third-order valence-corrected chi connectivity index (χ3v) is 3.16. The van der Waals surface area contributed by atoms with Crippen LogP contribution in [0.1, 0.15) is 38.7 Å². The summed E-state index contributed by atoms with van der Waals surface area (Å²) in [5.41, 5.74) is 4.88. The van der Waals surface area contributed by atoms with Crippen LogP contribution in [-0.2, 0) is 4.74 Å². The standard InChI is InChI=1S/C13H17BrFNO2/c1-8(7-13(2,3)18-12(16)17)10-5-4-9(14)6-11(10)15/h4-6,8H,7H2,1-3H3,(H2,16,17). The summed E-state index contributed by atoms with van der Waals surface area (Å²) in [5.74, 6) is -0.348. The highest BCUT2D eigenvalue weighted by Gasteiger charge is 2.26. The van der Waals surface area contributed by atoms with Crippen molar-refractivity contribution in [1.29, 1.82) is 0 Å². The van der Waals surface area contributed by atoms with E-state index in [9.17, 15) is 9.18 Å². The maximum absolute atomic E-state index is 13.8. The number of hydrogen-bond acceptors (Lipinski definition) is 2. The zero-order chi connectivity index (χ0) is 13.9. The topological polar surface area (TPSA) is 52.3 Å². The number of carbonyl (C=O) groups excluding carboxylic acids is 1. The molecule has 100 valence electrons. The second-order valence-corrected chi connectivity index (χ2v) is 5.87. The van der Waals surface area contributed by atoms with Crippen LogP contribution in [0.4, 0.5) is 9.18 Å². The quantitative estimate of drug-likeness (QED) is 0.913. The van der Waals surface area contributed by atoms with Gasteiger partial charge in [0.2, 0.25) is 0 Å². The van der Waals surface area contributed by atoms with Crippen molar-refractivity contribution in [2.24, 2.45) is 5.73 Å². The van der Waals surface area contributed by atoms with Gasteiger partial charge in [-0.15, -0.1) is 0 Å². The van der Waals surface area contributed by atoms with Crippen molar-refractivity contribution in [2.75, 3.05) is 0 Å². The molecule has 18 heavy (non-hydrogen) atoms. The summed E-state index contributed by atoms with van der Waals surface area (Å²) in [6, 6.07) is 4.94. The number of benzene rings is 1. The van der Waals surface area contributed by atoms with Gasteiger partial charge in [0.05, 0.1) is 0 Å². The van der Waals surface area contributed by atoms with Gasteiger partial charge in [-0.2, -0.15) is 0 Å². The largest absolute Gasteiger partial charge is 0.444 e. The Bertz CT molecular complexity index is 449. The van der Waals surface area contributed by atoms with E-state index in [1.54, 1.807) is 26.0 Å². The maximum atomic E-state index is 13.8. The molecule has 3 nitrogen and oxygen atoms in total. The van der Waals surface area contributed by atoms with Crippen LogP contribution in [-0.4, -0.2) is 11.7 Å². The molecule has 0 heterocycles. The molecule has 0 aliphatic heterocycles. The number of halogens is 2. The summed E-state index contributed by atoms with van der Waals surface area (Å²) in [7, 11) is 0. The minimum absolute atomic E-state index is 0.0764. The van der Waals surface area contributed by atoms with Gasteiger partial charge in [0, 0.05) is 4.47 Å². The van der Waals surface area contributed by atoms with E-state index in [1.807, 2.05) is 6.92 Å². The van der Waals surface area contributed by atoms with Crippen molar-refractivity contribution >= 4 is 22.0 Å². The molecule has 0 saturated carbocycles. The average Bonchev–Trinajstić information content (AvgIpc) is 2.13. The summed E-state index contributed by atoms with van der Waals surface area (Å²) in [6.07, 6.45) is -0.322. The molecule has 0 aromatic heterocycles. The summed E-state index contributed by atoms with van der Waals surface area (Å²) < 4.78 is 19.5. The first kappa shape index (κ1) is 15.0. The van der Waals surface area contributed by atoms with E-state index in [4.69, 9.17) is 10.5 Å². The number of nitrogens with two attached hydrogens (primary N) is 1. The van der Waals surface area contributed by atoms with Crippen molar-refractivity contribution in [3.8, 4) is 0 Å². The van der Waals surface area contributed by atoms with Gasteiger partial charge in [-0.1, -0.05) is 28.9 Å². The van der Waals surface area contributed by atoms with Crippen LogP contribution in [0.3, 0.4) is 0 Å². The van der Waals surface area contributed by atoms with Crippen LogP contribution in [0.25, 0.3) is 0 Å². The summed E-state index contributed by atoms with van der Waals surface area (Å²) in [6.45, 7) is 5.40. The van der Waals surface area contributed by atoms with E-state index in [0.29, 0.717) is 16.5 Å². The molecule has 1 atom stereocenters. The molecule has 5 heteroatoms. The van der Waals surface area contributed by atoms with Gasteiger partial charge in [0.15, 0.2) is 0 Å². The van der Waals surface area contributed by atoms with Crippen molar-refractivity contribution < 1.29 is 13.9 Å². The summed E-state index contributed by atoms with van der Waals surface area (Å²) >= 11 is 3.21. The van der Waals surface area contributed by atoms with Gasteiger partial charge in [-0.25, -0.2) is 9.18 Å².